The molecule has 0 atom stereocenters. The topological polar surface area (TPSA) is 59.2 Å². The van der Waals surface area contributed by atoms with Gasteiger partial charge in [0, 0.05) is 5.56 Å². The van der Waals surface area contributed by atoms with Crippen LogP contribution in [0, 0.1) is 5.82 Å². The molecule has 0 aliphatic carbocycles. The molecule has 0 radical (unpaired) electrons. The lowest BCUT2D eigenvalue weighted by Gasteiger charge is -1.98. The molecule has 0 spiro atoms. The van der Waals surface area contributed by atoms with Crippen molar-refractivity contribution in [1.29, 1.82) is 0 Å². The minimum absolute atomic E-state index is 0.0848. The Morgan fingerprint density at radius 3 is 2.62 bits per heavy atom. The molecule has 0 unspecified atom stereocenters. The van der Waals surface area contributed by atoms with Crippen LogP contribution in [0.3, 0.4) is 0 Å². The second-order valence-corrected chi connectivity index (χ2v) is 4.64. The number of aromatic nitrogens is 2. The average molecular weight is 284 g/mol. The van der Waals surface area contributed by atoms with Crippen molar-refractivity contribution in [3.8, 4) is 28.6 Å². The van der Waals surface area contributed by atoms with Gasteiger partial charge in [0.1, 0.15) is 11.6 Å². The van der Waals surface area contributed by atoms with Crippen molar-refractivity contribution < 1.29 is 14.0 Å². The van der Waals surface area contributed by atoms with Crippen LogP contribution in [0.25, 0.3) is 22.8 Å². The van der Waals surface area contributed by atoms with Crippen LogP contribution in [-0.4, -0.2) is 15.2 Å². The molecular weight excluding hydrogens is 271 g/mol. The zero-order valence-electron chi connectivity index (χ0n) is 11.4. The maximum Gasteiger partial charge on any atom is 0.262 e. The molecule has 4 nitrogen and oxygen atoms in total. The van der Waals surface area contributed by atoms with Crippen molar-refractivity contribution in [2.75, 3.05) is 0 Å². The van der Waals surface area contributed by atoms with E-state index in [1.54, 1.807) is 0 Å². The van der Waals surface area contributed by atoms with E-state index in [1.165, 1.54) is 17.7 Å². The van der Waals surface area contributed by atoms with Gasteiger partial charge in [0.25, 0.3) is 5.89 Å². The van der Waals surface area contributed by atoms with Gasteiger partial charge in [0.15, 0.2) is 0 Å². The minimum atomic E-state index is -0.477. The number of rotatable bonds is 3. The fourth-order valence-corrected chi connectivity index (χ4v) is 2.02. The highest BCUT2D eigenvalue weighted by molar-refractivity contribution is 5.64. The number of hydrogen-bond donors (Lipinski definition) is 1. The Morgan fingerprint density at radius 1 is 1.14 bits per heavy atom. The highest BCUT2D eigenvalue weighted by Gasteiger charge is 2.14. The molecule has 0 amide bonds. The van der Waals surface area contributed by atoms with Gasteiger partial charge >= 0.3 is 0 Å². The number of aryl methyl sites for hydroxylation is 1. The Morgan fingerprint density at radius 2 is 1.90 bits per heavy atom. The zero-order valence-corrected chi connectivity index (χ0v) is 11.4. The monoisotopic (exact) mass is 284 g/mol. The number of phenols is 1. The summed E-state index contributed by atoms with van der Waals surface area (Å²) in [5.74, 6) is -0.0966. The van der Waals surface area contributed by atoms with Crippen LogP contribution >= 0.6 is 0 Å². The van der Waals surface area contributed by atoms with Crippen LogP contribution in [0.4, 0.5) is 4.39 Å². The Hall–Kier alpha value is -2.69. The van der Waals surface area contributed by atoms with Crippen LogP contribution in [0.1, 0.15) is 12.5 Å². The smallest absolute Gasteiger partial charge is 0.262 e. The number of phenolic OH excluding ortho intramolecular Hbond substituents is 1. The van der Waals surface area contributed by atoms with Gasteiger partial charge in [0.2, 0.25) is 5.82 Å². The molecular formula is C16H13FN2O2. The van der Waals surface area contributed by atoms with Gasteiger partial charge in [0.05, 0.1) is 5.56 Å². The minimum Gasteiger partial charge on any atom is -0.507 e. The molecule has 106 valence electrons. The van der Waals surface area contributed by atoms with Crippen molar-refractivity contribution in [3.63, 3.8) is 0 Å². The molecule has 0 aliphatic rings. The first-order valence-electron chi connectivity index (χ1n) is 6.59. The first-order chi connectivity index (χ1) is 10.2. The highest BCUT2D eigenvalue weighted by atomic mass is 19.1. The summed E-state index contributed by atoms with van der Waals surface area (Å²) in [7, 11) is 0. The van der Waals surface area contributed by atoms with Gasteiger partial charge in [-0.05, 0) is 30.2 Å². The molecule has 2 aromatic carbocycles. The fraction of sp³-hybridized carbons (Fsp3) is 0.125. The maximum absolute atomic E-state index is 13.2. The van der Waals surface area contributed by atoms with E-state index >= 15 is 0 Å². The molecule has 5 heteroatoms. The number of aromatic hydroxyl groups is 1. The molecule has 0 bridgehead atoms. The molecule has 3 aromatic rings. The molecule has 0 aliphatic heterocycles. The molecule has 0 saturated heterocycles. The number of benzene rings is 2. The van der Waals surface area contributed by atoms with Gasteiger partial charge < -0.3 is 9.63 Å². The molecule has 21 heavy (non-hydrogen) atoms. The lowest BCUT2D eigenvalue weighted by Crippen LogP contribution is -1.84. The van der Waals surface area contributed by atoms with Crippen molar-refractivity contribution >= 4 is 0 Å². The molecule has 1 aromatic heterocycles. The molecule has 3 rings (SSSR count). The predicted octanol–water partition coefficient (Wildman–Crippen LogP) is 3.81. The SMILES string of the molecule is CCc1ccc(-c2noc(-c3cc(F)ccc3O)n2)cc1. The van der Waals surface area contributed by atoms with Gasteiger partial charge in [-0.3, -0.25) is 0 Å². The summed E-state index contributed by atoms with van der Waals surface area (Å²) in [6.45, 7) is 2.08. The molecule has 1 N–H and O–H groups in total. The lowest BCUT2D eigenvalue weighted by atomic mass is 10.1. The Bertz CT molecular complexity index is 766. The highest BCUT2D eigenvalue weighted by Crippen LogP contribution is 2.30. The van der Waals surface area contributed by atoms with E-state index in [2.05, 4.69) is 17.1 Å². The number of halogens is 1. The third kappa shape index (κ3) is 2.63. The van der Waals surface area contributed by atoms with Crippen molar-refractivity contribution in [3.05, 3.63) is 53.8 Å². The summed E-state index contributed by atoms with van der Waals surface area (Å²) in [5.41, 5.74) is 2.20. The Kier molecular flexibility index (Phi) is 3.39. The van der Waals surface area contributed by atoms with Gasteiger partial charge in [-0.15, -0.1) is 0 Å². The summed E-state index contributed by atoms with van der Waals surface area (Å²) in [6, 6.07) is 11.4. The fourth-order valence-electron chi connectivity index (χ4n) is 2.02. The van der Waals surface area contributed by atoms with Crippen LogP contribution < -0.4 is 0 Å². The molecule has 0 fully saturated rings. The molecule has 1 heterocycles. The summed E-state index contributed by atoms with van der Waals surface area (Å²) >= 11 is 0. The van der Waals surface area contributed by atoms with Crippen molar-refractivity contribution in [1.82, 2.24) is 10.1 Å². The van der Waals surface area contributed by atoms with Crippen molar-refractivity contribution in [2.24, 2.45) is 0 Å². The van der Waals surface area contributed by atoms with E-state index in [4.69, 9.17) is 4.52 Å². The van der Waals surface area contributed by atoms with Crippen LogP contribution in [-0.2, 0) is 6.42 Å². The Balaban J connectivity index is 1.97. The van der Waals surface area contributed by atoms with Gasteiger partial charge in [-0.1, -0.05) is 36.3 Å². The quantitative estimate of drug-likeness (QED) is 0.794. The van der Waals surface area contributed by atoms with Crippen LogP contribution in [0.2, 0.25) is 0 Å². The van der Waals surface area contributed by atoms with Crippen molar-refractivity contribution in [2.45, 2.75) is 13.3 Å². The summed E-state index contributed by atoms with van der Waals surface area (Å²) in [6.07, 6.45) is 0.953. The van der Waals surface area contributed by atoms with Gasteiger partial charge in [-0.25, -0.2) is 4.39 Å². The molecule has 0 saturated carbocycles. The Labute approximate surface area is 120 Å². The van der Waals surface area contributed by atoms with E-state index in [0.29, 0.717) is 5.82 Å². The largest absolute Gasteiger partial charge is 0.507 e. The van der Waals surface area contributed by atoms with Crippen LogP contribution in [0.15, 0.2) is 47.0 Å². The first kappa shape index (κ1) is 13.3. The average Bonchev–Trinajstić information content (AvgIpc) is 2.99. The number of nitrogens with zero attached hydrogens (tertiary/aromatic N) is 2. The normalized spacial score (nSPS) is 10.8. The lowest BCUT2D eigenvalue weighted by molar-refractivity contribution is 0.425. The van der Waals surface area contributed by atoms with E-state index in [9.17, 15) is 9.50 Å². The van der Waals surface area contributed by atoms with Gasteiger partial charge in [-0.2, -0.15) is 4.98 Å². The maximum atomic E-state index is 13.2. The van der Waals surface area contributed by atoms with E-state index < -0.39 is 5.82 Å². The zero-order chi connectivity index (χ0) is 14.8. The summed E-state index contributed by atoms with van der Waals surface area (Å²) < 4.78 is 18.4. The third-order valence-corrected chi connectivity index (χ3v) is 3.24. The second kappa shape index (κ2) is 5.36. The number of hydrogen-bond acceptors (Lipinski definition) is 4. The predicted molar refractivity (Wildman–Crippen MR) is 76.2 cm³/mol. The first-order valence-corrected chi connectivity index (χ1v) is 6.59. The summed E-state index contributed by atoms with van der Waals surface area (Å²) in [5, 5.41) is 13.6. The second-order valence-electron chi connectivity index (χ2n) is 4.64. The van der Waals surface area contributed by atoms with Crippen LogP contribution in [0.5, 0.6) is 5.75 Å². The third-order valence-electron chi connectivity index (χ3n) is 3.24. The summed E-state index contributed by atoms with van der Waals surface area (Å²) in [4.78, 5) is 4.20. The standard InChI is InChI=1S/C16H13FN2O2/c1-2-10-3-5-11(6-4-10)15-18-16(21-19-15)13-9-12(17)7-8-14(13)20/h3-9,20H,2H2,1H3. The van der Waals surface area contributed by atoms with E-state index in [0.717, 1.165) is 18.1 Å². The van der Waals surface area contributed by atoms with E-state index in [-0.39, 0.29) is 17.2 Å². The van der Waals surface area contributed by atoms with E-state index in [1.807, 2.05) is 24.3 Å².